The van der Waals surface area contributed by atoms with Crippen LogP contribution in [-0.4, -0.2) is 65.0 Å². The lowest BCUT2D eigenvalue weighted by molar-refractivity contribution is -0.140. The van der Waals surface area contributed by atoms with Gasteiger partial charge in [-0.05, 0) is 18.3 Å². The number of β-amino-alcohol motifs (C(OH)–C–C–N with tert-alkyl or cyclic N) is 1. The van der Waals surface area contributed by atoms with Gasteiger partial charge in [-0.25, -0.2) is 0 Å². The topological polar surface area (TPSA) is 98.2 Å². The van der Waals surface area contributed by atoms with Crippen LogP contribution in [0.2, 0.25) is 0 Å². The van der Waals surface area contributed by atoms with E-state index in [1.807, 2.05) is 13.8 Å². The Kier molecular flexibility index (Phi) is 4.38. The van der Waals surface area contributed by atoms with Crippen LogP contribution in [0.1, 0.15) is 26.7 Å². The number of rotatable bonds is 3. The summed E-state index contributed by atoms with van der Waals surface area (Å²) in [5.74, 6) is -0.697. The van der Waals surface area contributed by atoms with Crippen molar-refractivity contribution in [1.82, 2.24) is 8.61 Å². The molecule has 8 heteroatoms. The number of piperidine rings is 1. The lowest BCUT2D eigenvalue weighted by atomic mass is 9.94. The van der Waals surface area contributed by atoms with Crippen molar-refractivity contribution in [2.75, 3.05) is 19.6 Å². The highest BCUT2D eigenvalue weighted by molar-refractivity contribution is 7.86. The van der Waals surface area contributed by atoms with Crippen molar-refractivity contribution in [3.05, 3.63) is 0 Å². The fraction of sp³-hybridized carbons (Fsp3) is 0.917. The van der Waals surface area contributed by atoms with Crippen molar-refractivity contribution in [2.24, 2.45) is 11.8 Å². The normalized spacial score (nSPS) is 37.1. The van der Waals surface area contributed by atoms with Crippen LogP contribution in [0.5, 0.6) is 0 Å². The number of carbonyl (C=O) groups is 1. The molecule has 20 heavy (non-hydrogen) atoms. The standard InChI is InChI=1S/C12H22N2O5S/c1-8-3-9(2)6-13(5-8)20(18,19)14-7-10(15)4-11(14)12(16)17/h8-11,15H,3-7H2,1-2H3,(H,16,17)/t8?,9?,10-,11+/m1/s1. The van der Waals surface area contributed by atoms with Crippen molar-refractivity contribution in [1.29, 1.82) is 0 Å². The summed E-state index contributed by atoms with van der Waals surface area (Å²) in [6, 6.07) is -1.16. The molecule has 2 unspecified atom stereocenters. The third kappa shape index (κ3) is 2.98. The zero-order chi connectivity index (χ0) is 15.1. The number of hydrogen-bond acceptors (Lipinski definition) is 4. The summed E-state index contributed by atoms with van der Waals surface area (Å²) < 4.78 is 27.5. The van der Waals surface area contributed by atoms with E-state index in [0.717, 1.165) is 10.7 Å². The second-order valence-electron chi connectivity index (χ2n) is 6.08. The Balaban J connectivity index is 2.23. The van der Waals surface area contributed by atoms with E-state index in [4.69, 9.17) is 5.11 Å². The highest BCUT2D eigenvalue weighted by Gasteiger charge is 2.46. The first-order chi connectivity index (χ1) is 9.21. The van der Waals surface area contributed by atoms with E-state index in [9.17, 15) is 18.3 Å². The molecule has 0 amide bonds. The maximum absolute atomic E-state index is 12.6. The third-order valence-corrected chi connectivity index (χ3v) is 5.92. The molecule has 2 saturated heterocycles. The van der Waals surface area contributed by atoms with Crippen molar-refractivity contribution >= 4 is 16.2 Å². The quantitative estimate of drug-likeness (QED) is 0.748. The van der Waals surface area contributed by atoms with Gasteiger partial charge in [0, 0.05) is 26.1 Å². The molecule has 0 aromatic carbocycles. The number of nitrogens with zero attached hydrogens (tertiary/aromatic N) is 2. The largest absolute Gasteiger partial charge is 0.480 e. The summed E-state index contributed by atoms with van der Waals surface area (Å²) in [7, 11) is -3.83. The average Bonchev–Trinajstić information content (AvgIpc) is 2.71. The molecule has 0 aliphatic carbocycles. The second-order valence-corrected chi connectivity index (χ2v) is 7.97. The Labute approximate surface area is 119 Å². The van der Waals surface area contributed by atoms with Gasteiger partial charge >= 0.3 is 5.97 Å². The van der Waals surface area contributed by atoms with Crippen LogP contribution in [0.3, 0.4) is 0 Å². The summed E-state index contributed by atoms with van der Waals surface area (Å²) in [5, 5.41) is 18.7. The van der Waals surface area contributed by atoms with Gasteiger partial charge < -0.3 is 10.2 Å². The maximum atomic E-state index is 12.6. The smallest absolute Gasteiger partial charge is 0.322 e. The van der Waals surface area contributed by atoms with E-state index in [1.54, 1.807) is 0 Å². The summed E-state index contributed by atoms with van der Waals surface area (Å²) in [4.78, 5) is 11.2. The van der Waals surface area contributed by atoms with Gasteiger partial charge in [0.25, 0.3) is 10.2 Å². The van der Waals surface area contributed by atoms with Crippen LogP contribution < -0.4 is 0 Å². The molecule has 2 heterocycles. The third-order valence-electron chi connectivity index (χ3n) is 3.98. The van der Waals surface area contributed by atoms with Crippen LogP contribution >= 0.6 is 0 Å². The minimum atomic E-state index is -3.83. The van der Waals surface area contributed by atoms with Crippen LogP contribution in [0.15, 0.2) is 0 Å². The highest BCUT2D eigenvalue weighted by atomic mass is 32.2. The molecule has 0 aromatic heterocycles. The Morgan fingerprint density at radius 2 is 1.65 bits per heavy atom. The molecular formula is C12H22N2O5S. The SMILES string of the molecule is CC1CC(C)CN(S(=O)(=O)N2C[C@H](O)C[C@H]2C(=O)O)C1. The highest BCUT2D eigenvalue weighted by Crippen LogP contribution is 2.29. The Hall–Kier alpha value is -0.700. The van der Waals surface area contributed by atoms with Gasteiger partial charge in [0.15, 0.2) is 0 Å². The number of aliphatic hydroxyl groups is 1. The minimum Gasteiger partial charge on any atom is -0.480 e. The van der Waals surface area contributed by atoms with Crippen LogP contribution in [0, 0.1) is 11.8 Å². The van der Waals surface area contributed by atoms with E-state index in [1.165, 1.54) is 4.31 Å². The van der Waals surface area contributed by atoms with Gasteiger partial charge in [-0.2, -0.15) is 17.0 Å². The zero-order valence-electron chi connectivity index (χ0n) is 11.8. The fourth-order valence-electron chi connectivity index (χ4n) is 3.21. The van der Waals surface area contributed by atoms with E-state index < -0.39 is 28.3 Å². The second kappa shape index (κ2) is 5.59. The lowest BCUT2D eigenvalue weighted by Crippen LogP contribution is -2.52. The molecule has 2 aliphatic rings. The van der Waals surface area contributed by atoms with Crippen LogP contribution in [0.25, 0.3) is 0 Å². The maximum Gasteiger partial charge on any atom is 0.322 e. The number of hydrogen-bond donors (Lipinski definition) is 2. The molecule has 2 aliphatic heterocycles. The number of carboxylic acids is 1. The molecule has 2 rings (SSSR count). The number of aliphatic carboxylic acids is 1. The zero-order valence-corrected chi connectivity index (χ0v) is 12.6. The van der Waals surface area contributed by atoms with Crippen LogP contribution in [-0.2, 0) is 15.0 Å². The van der Waals surface area contributed by atoms with Gasteiger partial charge in [0.05, 0.1) is 6.10 Å². The molecular weight excluding hydrogens is 284 g/mol. The van der Waals surface area contributed by atoms with E-state index in [0.29, 0.717) is 13.1 Å². The summed E-state index contributed by atoms with van der Waals surface area (Å²) in [6.45, 7) is 4.66. The Morgan fingerprint density at radius 3 is 2.15 bits per heavy atom. The molecule has 4 atom stereocenters. The van der Waals surface area contributed by atoms with Gasteiger partial charge in [-0.15, -0.1) is 0 Å². The Morgan fingerprint density at radius 1 is 1.10 bits per heavy atom. The van der Waals surface area contributed by atoms with Gasteiger partial charge in [0.1, 0.15) is 6.04 Å². The van der Waals surface area contributed by atoms with E-state index in [-0.39, 0.29) is 24.8 Å². The molecule has 0 spiro atoms. The van der Waals surface area contributed by atoms with E-state index in [2.05, 4.69) is 0 Å². The van der Waals surface area contributed by atoms with Crippen molar-refractivity contribution in [2.45, 2.75) is 38.8 Å². The summed E-state index contributed by atoms with van der Waals surface area (Å²) >= 11 is 0. The van der Waals surface area contributed by atoms with Gasteiger partial charge in [-0.1, -0.05) is 13.8 Å². The predicted molar refractivity (Wildman–Crippen MR) is 72.2 cm³/mol. The molecule has 2 N–H and O–H groups in total. The van der Waals surface area contributed by atoms with Crippen molar-refractivity contribution in [3.63, 3.8) is 0 Å². The molecule has 0 radical (unpaired) electrons. The molecule has 2 fully saturated rings. The molecule has 116 valence electrons. The predicted octanol–water partition coefficient (Wildman–Crippen LogP) is -0.271. The molecule has 0 saturated carbocycles. The fourth-order valence-corrected chi connectivity index (χ4v) is 5.25. The minimum absolute atomic E-state index is 0.0481. The first-order valence-electron chi connectivity index (χ1n) is 6.89. The van der Waals surface area contributed by atoms with Gasteiger partial charge in [0.2, 0.25) is 0 Å². The molecule has 0 aromatic rings. The monoisotopic (exact) mass is 306 g/mol. The molecule has 0 bridgehead atoms. The number of aliphatic hydroxyl groups excluding tert-OH is 1. The van der Waals surface area contributed by atoms with Crippen molar-refractivity contribution < 1.29 is 23.4 Å². The van der Waals surface area contributed by atoms with Crippen LogP contribution in [0.4, 0.5) is 0 Å². The van der Waals surface area contributed by atoms with Gasteiger partial charge in [-0.3, -0.25) is 4.79 Å². The molecule has 7 nitrogen and oxygen atoms in total. The lowest BCUT2D eigenvalue weighted by Gasteiger charge is -2.37. The van der Waals surface area contributed by atoms with E-state index >= 15 is 0 Å². The summed E-state index contributed by atoms with van der Waals surface area (Å²) in [6.07, 6.45) is 0.00958. The Bertz CT molecular complexity index is 470. The van der Waals surface area contributed by atoms with Crippen molar-refractivity contribution in [3.8, 4) is 0 Å². The average molecular weight is 306 g/mol. The summed E-state index contributed by atoms with van der Waals surface area (Å²) in [5.41, 5.74) is 0. The first-order valence-corrected chi connectivity index (χ1v) is 8.29. The first kappa shape index (κ1) is 15.7. The number of carboxylic acid groups (broad SMARTS) is 1.